The molecular formula is C14H22N4. The largest absolute Gasteiger partial charge is 0.370 e. The van der Waals surface area contributed by atoms with Gasteiger partial charge < -0.3 is 10.6 Å². The minimum Gasteiger partial charge on any atom is -0.370 e. The van der Waals surface area contributed by atoms with E-state index in [1.165, 1.54) is 25.7 Å². The molecule has 0 unspecified atom stereocenters. The summed E-state index contributed by atoms with van der Waals surface area (Å²) in [6, 6.07) is 0. The number of hydrogen-bond acceptors (Lipinski definition) is 4. The Hall–Kier alpha value is -1.32. The average molecular weight is 246 g/mol. The molecule has 2 N–H and O–H groups in total. The fourth-order valence-electron chi connectivity index (χ4n) is 2.12. The van der Waals surface area contributed by atoms with Crippen molar-refractivity contribution in [2.45, 2.75) is 57.9 Å². The second-order valence-corrected chi connectivity index (χ2v) is 5.89. The molecule has 0 amide bonds. The third-order valence-electron chi connectivity index (χ3n) is 3.87. The monoisotopic (exact) mass is 246 g/mol. The first-order chi connectivity index (χ1) is 8.61. The van der Waals surface area contributed by atoms with Crippen LogP contribution in [0.4, 0.5) is 11.6 Å². The first-order valence-corrected chi connectivity index (χ1v) is 7.02. The van der Waals surface area contributed by atoms with E-state index in [0.717, 1.165) is 29.6 Å². The fourth-order valence-corrected chi connectivity index (χ4v) is 2.12. The Kier molecular flexibility index (Phi) is 2.68. The van der Waals surface area contributed by atoms with Crippen LogP contribution < -0.4 is 10.6 Å². The average Bonchev–Trinajstić information content (AvgIpc) is 3.21. The summed E-state index contributed by atoms with van der Waals surface area (Å²) in [5, 5.41) is 6.95. The number of rotatable bonds is 5. The van der Waals surface area contributed by atoms with Crippen LogP contribution in [-0.4, -0.2) is 22.1 Å². The number of nitrogens with zero attached hydrogens (tertiary/aromatic N) is 2. The van der Waals surface area contributed by atoms with E-state index in [1.54, 1.807) is 0 Å². The molecule has 0 aliphatic heterocycles. The normalized spacial score (nSPS) is 20.6. The predicted molar refractivity (Wildman–Crippen MR) is 74.2 cm³/mol. The summed E-state index contributed by atoms with van der Waals surface area (Å²) < 4.78 is 0. The highest BCUT2D eigenvalue weighted by Crippen LogP contribution is 2.42. The molecule has 2 saturated carbocycles. The maximum atomic E-state index is 4.74. The van der Waals surface area contributed by atoms with Crippen molar-refractivity contribution in [2.24, 2.45) is 0 Å². The molecule has 2 aliphatic carbocycles. The lowest BCUT2D eigenvalue weighted by molar-refractivity contribution is 0.806. The number of anilines is 2. The molecule has 98 valence electrons. The van der Waals surface area contributed by atoms with Crippen LogP contribution in [0.3, 0.4) is 0 Å². The van der Waals surface area contributed by atoms with Gasteiger partial charge in [-0.15, -0.1) is 0 Å². The van der Waals surface area contributed by atoms with Gasteiger partial charge in [-0.3, -0.25) is 0 Å². The van der Waals surface area contributed by atoms with Crippen molar-refractivity contribution in [2.75, 3.05) is 17.2 Å². The number of nitrogens with one attached hydrogen (secondary N) is 2. The van der Waals surface area contributed by atoms with Gasteiger partial charge >= 0.3 is 0 Å². The maximum absolute atomic E-state index is 4.74. The van der Waals surface area contributed by atoms with Crippen LogP contribution in [0.5, 0.6) is 0 Å². The molecule has 0 atom stereocenters. The molecule has 3 rings (SSSR count). The number of hydrogen-bond donors (Lipinski definition) is 2. The van der Waals surface area contributed by atoms with E-state index in [1.807, 2.05) is 0 Å². The second kappa shape index (κ2) is 4.11. The van der Waals surface area contributed by atoms with E-state index in [-0.39, 0.29) is 5.54 Å². The zero-order valence-electron chi connectivity index (χ0n) is 11.5. The summed E-state index contributed by atoms with van der Waals surface area (Å²) in [5.41, 5.74) is 1.41. The van der Waals surface area contributed by atoms with Gasteiger partial charge in [-0.2, -0.15) is 0 Å². The summed E-state index contributed by atoms with van der Waals surface area (Å²) in [6.07, 6.45) is 4.97. The third-order valence-corrected chi connectivity index (χ3v) is 3.87. The summed E-state index contributed by atoms with van der Waals surface area (Å²) in [7, 11) is 0. The minimum atomic E-state index is 0.267. The summed E-state index contributed by atoms with van der Waals surface area (Å²) in [4.78, 5) is 9.41. The van der Waals surface area contributed by atoms with Crippen LogP contribution in [-0.2, 0) is 0 Å². The Labute approximate surface area is 109 Å². The highest BCUT2D eigenvalue weighted by Gasteiger charge is 2.38. The van der Waals surface area contributed by atoms with Crippen LogP contribution in [0.1, 0.15) is 56.8 Å². The van der Waals surface area contributed by atoms with Gasteiger partial charge in [-0.05, 0) is 46.5 Å². The quantitative estimate of drug-likeness (QED) is 0.838. The van der Waals surface area contributed by atoms with E-state index in [2.05, 4.69) is 36.4 Å². The summed E-state index contributed by atoms with van der Waals surface area (Å²) >= 11 is 0. The van der Waals surface area contributed by atoms with Crippen molar-refractivity contribution in [3.8, 4) is 0 Å². The Bertz CT molecular complexity index is 461. The van der Waals surface area contributed by atoms with E-state index < -0.39 is 0 Å². The summed E-state index contributed by atoms with van der Waals surface area (Å²) in [6.45, 7) is 7.37. The second-order valence-electron chi connectivity index (χ2n) is 5.89. The molecule has 1 aromatic rings. The standard InChI is InChI=1S/C14H22N4/c1-4-15-11-9(2)12(18-14(3)7-8-14)17-13(16-11)10-5-6-10/h10H,4-8H2,1-3H3,(H2,15,16,17,18). The van der Waals surface area contributed by atoms with Gasteiger partial charge in [0, 0.05) is 23.6 Å². The minimum absolute atomic E-state index is 0.267. The van der Waals surface area contributed by atoms with E-state index in [4.69, 9.17) is 4.98 Å². The highest BCUT2D eigenvalue weighted by molar-refractivity contribution is 5.59. The molecule has 2 aliphatic rings. The zero-order chi connectivity index (χ0) is 12.8. The van der Waals surface area contributed by atoms with E-state index in [0.29, 0.717) is 5.92 Å². The van der Waals surface area contributed by atoms with Gasteiger partial charge in [0.2, 0.25) is 0 Å². The first kappa shape index (κ1) is 11.8. The molecule has 4 heteroatoms. The third kappa shape index (κ3) is 2.28. The van der Waals surface area contributed by atoms with Crippen molar-refractivity contribution in [1.29, 1.82) is 0 Å². The van der Waals surface area contributed by atoms with Gasteiger partial charge in [0.1, 0.15) is 17.5 Å². The molecule has 1 aromatic heterocycles. The van der Waals surface area contributed by atoms with E-state index in [9.17, 15) is 0 Å². The van der Waals surface area contributed by atoms with Crippen molar-refractivity contribution in [1.82, 2.24) is 9.97 Å². The zero-order valence-corrected chi connectivity index (χ0v) is 11.5. The lowest BCUT2D eigenvalue weighted by atomic mass is 10.2. The Morgan fingerprint density at radius 3 is 2.44 bits per heavy atom. The molecular weight excluding hydrogens is 224 g/mol. The van der Waals surface area contributed by atoms with Gasteiger partial charge in [0.05, 0.1) is 0 Å². The van der Waals surface area contributed by atoms with Crippen LogP contribution in [0.25, 0.3) is 0 Å². The molecule has 18 heavy (non-hydrogen) atoms. The van der Waals surface area contributed by atoms with Crippen molar-refractivity contribution in [3.63, 3.8) is 0 Å². The van der Waals surface area contributed by atoms with Crippen LogP contribution in [0.2, 0.25) is 0 Å². The molecule has 0 bridgehead atoms. The van der Waals surface area contributed by atoms with Crippen molar-refractivity contribution in [3.05, 3.63) is 11.4 Å². The van der Waals surface area contributed by atoms with Crippen LogP contribution in [0, 0.1) is 6.92 Å². The fraction of sp³-hybridized carbons (Fsp3) is 0.714. The van der Waals surface area contributed by atoms with Gasteiger partial charge in [0.25, 0.3) is 0 Å². The molecule has 4 nitrogen and oxygen atoms in total. The Morgan fingerprint density at radius 1 is 1.22 bits per heavy atom. The molecule has 0 radical (unpaired) electrons. The van der Waals surface area contributed by atoms with Gasteiger partial charge in [-0.25, -0.2) is 9.97 Å². The van der Waals surface area contributed by atoms with Gasteiger partial charge in [0.15, 0.2) is 0 Å². The molecule has 0 saturated heterocycles. The molecule has 0 aromatic carbocycles. The topological polar surface area (TPSA) is 49.8 Å². The lowest BCUT2D eigenvalue weighted by Gasteiger charge is -2.18. The highest BCUT2D eigenvalue weighted by atomic mass is 15.1. The smallest absolute Gasteiger partial charge is 0.136 e. The van der Waals surface area contributed by atoms with Gasteiger partial charge in [-0.1, -0.05) is 0 Å². The number of aromatic nitrogens is 2. The molecule has 0 spiro atoms. The SMILES string of the molecule is CCNc1nc(C2CC2)nc(NC2(C)CC2)c1C. The lowest BCUT2D eigenvalue weighted by Crippen LogP contribution is -2.19. The first-order valence-electron chi connectivity index (χ1n) is 7.02. The van der Waals surface area contributed by atoms with Crippen molar-refractivity contribution < 1.29 is 0 Å². The van der Waals surface area contributed by atoms with E-state index >= 15 is 0 Å². The van der Waals surface area contributed by atoms with Crippen molar-refractivity contribution >= 4 is 11.6 Å². The maximum Gasteiger partial charge on any atom is 0.136 e. The summed E-state index contributed by atoms with van der Waals surface area (Å²) in [5.74, 6) is 3.64. The Balaban J connectivity index is 1.93. The molecule has 1 heterocycles. The van der Waals surface area contributed by atoms with Crippen LogP contribution >= 0.6 is 0 Å². The Morgan fingerprint density at radius 2 is 1.89 bits per heavy atom. The van der Waals surface area contributed by atoms with Crippen LogP contribution in [0.15, 0.2) is 0 Å². The predicted octanol–water partition coefficient (Wildman–Crippen LogP) is 3.06. The molecule has 2 fully saturated rings.